The molecule has 0 fully saturated rings. The predicted molar refractivity (Wildman–Crippen MR) is 47.6 cm³/mol. The van der Waals surface area contributed by atoms with Crippen LogP contribution in [0.3, 0.4) is 0 Å². The minimum absolute atomic E-state index is 0.0648. The molecule has 4 nitrogen and oxygen atoms in total. The molecule has 1 atom stereocenters. The van der Waals surface area contributed by atoms with E-state index in [0.29, 0.717) is 5.75 Å². The molecule has 0 saturated heterocycles. The first-order valence-electron chi connectivity index (χ1n) is 3.69. The molecule has 0 amide bonds. The minimum atomic E-state index is -1.82. The van der Waals surface area contributed by atoms with Crippen LogP contribution in [0.4, 0.5) is 0 Å². The summed E-state index contributed by atoms with van der Waals surface area (Å²) < 4.78 is 28.6. The highest BCUT2D eigenvalue weighted by molar-refractivity contribution is 7.79. The zero-order valence-corrected chi connectivity index (χ0v) is 8.85. The van der Waals surface area contributed by atoms with E-state index in [-0.39, 0.29) is 6.29 Å². The summed E-state index contributed by atoms with van der Waals surface area (Å²) >= 11 is -1.82. The molecule has 0 rings (SSSR count). The number of methoxy groups -OCH3 is 2. The highest BCUT2D eigenvalue weighted by atomic mass is 32.2. The van der Waals surface area contributed by atoms with Crippen LogP contribution in [0, 0.1) is 0 Å². The number of hydrogen-bond acceptors (Lipinski definition) is 4. The molecule has 76 valence electrons. The van der Waals surface area contributed by atoms with Gasteiger partial charge in [-0.2, -0.15) is 0 Å². The third kappa shape index (κ3) is 16.5. The van der Waals surface area contributed by atoms with Crippen LogP contribution in [0.1, 0.15) is 20.3 Å². The summed E-state index contributed by atoms with van der Waals surface area (Å²) in [5, 5.41) is 0. The zero-order valence-electron chi connectivity index (χ0n) is 8.03. The molecule has 0 aromatic carbocycles. The molecular weight excluding hydrogens is 180 g/mol. The molecule has 0 spiro atoms. The van der Waals surface area contributed by atoms with Gasteiger partial charge in [0.25, 0.3) is 0 Å². The monoisotopic (exact) mass is 197 g/mol. The Bertz CT molecular complexity index is 104. The van der Waals surface area contributed by atoms with Crippen molar-refractivity contribution >= 4 is 11.1 Å². The first kappa shape index (κ1) is 14.5. The average Bonchev–Trinajstić information content (AvgIpc) is 2.04. The van der Waals surface area contributed by atoms with Crippen LogP contribution < -0.4 is 0 Å². The fourth-order valence-corrected chi connectivity index (χ4v) is 0.596. The highest BCUT2D eigenvalue weighted by Crippen LogP contribution is 1.83. The van der Waals surface area contributed by atoms with Crippen molar-refractivity contribution in [1.29, 1.82) is 0 Å². The Morgan fingerprint density at radius 1 is 1.42 bits per heavy atom. The molecule has 5 heteroatoms. The molecule has 0 aliphatic carbocycles. The van der Waals surface area contributed by atoms with Gasteiger partial charge >= 0.3 is 0 Å². The Balaban J connectivity index is 0. The van der Waals surface area contributed by atoms with Gasteiger partial charge in [0.1, 0.15) is 0 Å². The van der Waals surface area contributed by atoms with Gasteiger partial charge in [-0.05, 0) is 13.3 Å². The van der Waals surface area contributed by atoms with E-state index < -0.39 is 11.1 Å². The second-order valence-corrected chi connectivity index (χ2v) is 3.06. The second-order valence-electron chi connectivity index (χ2n) is 2.05. The Labute approximate surface area is 76.5 Å². The Kier molecular flexibility index (Phi) is 13.4. The normalized spacial score (nSPS) is 12.2. The maximum atomic E-state index is 9.60. The summed E-state index contributed by atoms with van der Waals surface area (Å²) in [5.41, 5.74) is 0. The van der Waals surface area contributed by atoms with Crippen LogP contribution in [0.25, 0.3) is 0 Å². The van der Waals surface area contributed by atoms with E-state index in [2.05, 4.69) is 9.47 Å². The fourth-order valence-electron chi connectivity index (χ4n) is 0.263. The third-order valence-corrected chi connectivity index (χ3v) is 1.78. The van der Waals surface area contributed by atoms with Gasteiger partial charge < -0.3 is 14.0 Å². The van der Waals surface area contributed by atoms with Crippen LogP contribution in [0.2, 0.25) is 0 Å². The van der Waals surface area contributed by atoms with Crippen molar-refractivity contribution in [2.24, 2.45) is 0 Å². The molecule has 0 heterocycles. The first-order chi connectivity index (χ1) is 5.58. The van der Waals surface area contributed by atoms with Gasteiger partial charge in [-0.25, -0.2) is 0 Å². The molecule has 0 aromatic heterocycles. The molecule has 0 saturated carbocycles. The molecule has 0 radical (unpaired) electrons. The molecular formula is C7H17O4S-. The molecule has 0 aliphatic heterocycles. The lowest BCUT2D eigenvalue weighted by Crippen LogP contribution is -2.05. The van der Waals surface area contributed by atoms with E-state index in [0.717, 1.165) is 6.42 Å². The van der Waals surface area contributed by atoms with Gasteiger partial charge in [0.15, 0.2) is 6.29 Å². The predicted octanol–water partition coefficient (Wildman–Crippen LogP) is 0.901. The minimum Gasteiger partial charge on any atom is -0.772 e. The summed E-state index contributed by atoms with van der Waals surface area (Å²) in [6, 6.07) is 0. The molecule has 12 heavy (non-hydrogen) atoms. The van der Waals surface area contributed by atoms with Crippen molar-refractivity contribution in [3.63, 3.8) is 0 Å². The van der Waals surface area contributed by atoms with Crippen LogP contribution >= 0.6 is 0 Å². The van der Waals surface area contributed by atoms with Crippen LogP contribution in [-0.4, -0.2) is 35.0 Å². The van der Waals surface area contributed by atoms with Crippen LogP contribution in [-0.2, 0) is 20.6 Å². The maximum Gasteiger partial charge on any atom is 0.154 e. The SMILES string of the molecule is CCCS(=O)[O-].COC(C)OC. The Morgan fingerprint density at radius 2 is 1.83 bits per heavy atom. The fraction of sp³-hybridized carbons (Fsp3) is 1.00. The van der Waals surface area contributed by atoms with Crippen LogP contribution in [0.15, 0.2) is 0 Å². The quantitative estimate of drug-likeness (QED) is 0.496. The summed E-state index contributed by atoms with van der Waals surface area (Å²) in [5.74, 6) is 0.292. The van der Waals surface area contributed by atoms with E-state index in [1.165, 1.54) is 0 Å². The van der Waals surface area contributed by atoms with E-state index >= 15 is 0 Å². The van der Waals surface area contributed by atoms with E-state index in [1.807, 2.05) is 13.8 Å². The lowest BCUT2D eigenvalue weighted by molar-refractivity contribution is -0.0877. The van der Waals surface area contributed by atoms with Gasteiger partial charge in [-0.3, -0.25) is 4.21 Å². The smallest absolute Gasteiger partial charge is 0.154 e. The maximum absolute atomic E-state index is 9.60. The highest BCUT2D eigenvalue weighted by Gasteiger charge is 1.87. The first-order valence-corrected chi connectivity index (χ1v) is 4.94. The lowest BCUT2D eigenvalue weighted by Gasteiger charge is -2.03. The van der Waals surface area contributed by atoms with Gasteiger partial charge in [-0.15, -0.1) is 0 Å². The summed E-state index contributed by atoms with van der Waals surface area (Å²) in [6.45, 7) is 3.66. The number of hydrogen-bond donors (Lipinski definition) is 0. The Morgan fingerprint density at radius 3 is 1.83 bits per heavy atom. The Hall–Kier alpha value is 0.0300. The van der Waals surface area contributed by atoms with Gasteiger partial charge in [-0.1, -0.05) is 18.0 Å². The third-order valence-electron chi connectivity index (χ3n) is 1.03. The van der Waals surface area contributed by atoms with Gasteiger partial charge in [0.2, 0.25) is 0 Å². The standard InChI is InChI=1S/C4H10O2.C3H8O2S/c1-4(5-2)6-3;1-2-3-6(4)5/h4H,1-3H3;2-3H2,1H3,(H,4,5)/p-1. The van der Waals surface area contributed by atoms with Crippen molar-refractivity contribution in [2.75, 3.05) is 20.0 Å². The van der Waals surface area contributed by atoms with Crippen molar-refractivity contribution in [2.45, 2.75) is 26.6 Å². The van der Waals surface area contributed by atoms with E-state index in [9.17, 15) is 8.76 Å². The van der Waals surface area contributed by atoms with Crippen LogP contribution in [0.5, 0.6) is 0 Å². The topological polar surface area (TPSA) is 58.6 Å². The summed E-state index contributed by atoms with van der Waals surface area (Å²) in [7, 11) is 3.21. The second kappa shape index (κ2) is 11.0. The molecule has 0 aromatic rings. The van der Waals surface area contributed by atoms with E-state index in [1.54, 1.807) is 14.2 Å². The average molecular weight is 197 g/mol. The van der Waals surface area contributed by atoms with Crippen molar-refractivity contribution in [1.82, 2.24) is 0 Å². The molecule has 1 unspecified atom stereocenters. The molecule has 0 bridgehead atoms. The van der Waals surface area contributed by atoms with Crippen molar-refractivity contribution < 1.29 is 18.2 Å². The van der Waals surface area contributed by atoms with Crippen molar-refractivity contribution in [3.05, 3.63) is 0 Å². The lowest BCUT2D eigenvalue weighted by atomic mass is 10.6. The number of rotatable bonds is 4. The molecule has 0 aliphatic rings. The van der Waals surface area contributed by atoms with Gasteiger partial charge in [0.05, 0.1) is 0 Å². The van der Waals surface area contributed by atoms with Gasteiger partial charge in [0, 0.05) is 20.0 Å². The molecule has 0 N–H and O–H groups in total. The van der Waals surface area contributed by atoms with Crippen molar-refractivity contribution in [3.8, 4) is 0 Å². The number of ether oxygens (including phenoxy) is 2. The summed E-state index contributed by atoms with van der Waals surface area (Å²) in [6.07, 6.45) is 0.654. The zero-order chi connectivity index (χ0) is 9.98. The largest absolute Gasteiger partial charge is 0.772 e. The summed E-state index contributed by atoms with van der Waals surface area (Å²) in [4.78, 5) is 0. The van der Waals surface area contributed by atoms with E-state index in [4.69, 9.17) is 0 Å².